The lowest BCUT2D eigenvalue weighted by molar-refractivity contribution is 0.667. The molecule has 1 aliphatic rings. The summed E-state index contributed by atoms with van der Waals surface area (Å²) < 4.78 is 6.84. The van der Waals surface area contributed by atoms with Crippen molar-refractivity contribution in [2.24, 2.45) is 0 Å². The van der Waals surface area contributed by atoms with Crippen molar-refractivity contribution in [2.45, 2.75) is 5.41 Å². The minimum atomic E-state index is -0.516. The summed E-state index contributed by atoms with van der Waals surface area (Å²) in [5.74, 6) is 0. The van der Waals surface area contributed by atoms with Gasteiger partial charge in [-0.2, -0.15) is 0 Å². The van der Waals surface area contributed by atoms with Gasteiger partial charge in [-0.3, -0.25) is 0 Å². The number of hydrogen-bond acceptors (Lipinski definition) is 2. The Labute approximate surface area is 297 Å². The van der Waals surface area contributed by atoms with Gasteiger partial charge in [0.1, 0.15) is 11.2 Å². The number of benzene rings is 8. The van der Waals surface area contributed by atoms with Gasteiger partial charge in [-0.25, -0.2) is 0 Å². The van der Waals surface area contributed by atoms with E-state index < -0.39 is 5.41 Å². The first-order valence-electron chi connectivity index (χ1n) is 17.5. The van der Waals surface area contributed by atoms with Gasteiger partial charge in [0, 0.05) is 33.9 Å². The molecule has 0 atom stereocenters. The predicted octanol–water partition coefficient (Wildman–Crippen LogP) is 13.1. The monoisotopic (exact) mass is 651 g/mol. The van der Waals surface area contributed by atoms with Crippen LogP contribution in [0.15, 0.2) is 205 Å². The van der Waals surface area contributed by atoms with Crippen molar-refractivity contribution in [1.29, 1.82) is 0 Å². The van der Waals surface area contributed by atoms with E-state index in [1.807, 2.05) is 0 Å². The average molecular weight is 652 g/mol. The van der Waals surface area contributed by atoms with Gasteiger partial charge < -0.3 is 9.32 Å². The molecule has 8 aromatic carbocycles. The van der Waals surface area contributed by atoms with Gasteiger partial charge in [-0.15, -0.1) is 0 Å². The second-order valence-corrected chi connectivity index (χ2v) is 13.3. The van der Waals surface area contributed by atoms with Crippen LogP contribution in [-0.2, 0) is 5.41 Å². The molecule has 51 heavy (non-hydrogen) atoms. The van der Waals surface area contributed by atoms with Crippen LogP contribution in [0, 0.1) is 0 Å². The van der Waals surface area contributed by atoms with Crippen molar-refractivity contribution in [3.63, 3.8) is 0 Å². The second kappa shape index (κ2) is 11.8. The Morgan fingerprint density at radius 3 is 1.65 bits per heavy atom. The Bertz CT molecular complexity index is 2650. The van der Waals surface area contributed by atoms with Crippen molar-refractivity contribution < 1.29 is 4.42 Å². The molecule has 1 aromatic heterocycles. The molecule has 0 saturated heterocycles. The van der Waals surface area contributed by atoms with Crippen molar-refractivity contribution in [2.75, 3.05) is 4.90 Å². The molecule has 0 aliphatic heterocycles. The largest absolute Gasteiger partial charge is 0.456 e. The molecule has 0 spiro atoms. The third-order valence-corrected chi connectivity index (χ3v) is 10.5. The highest BCUT2D eigenvalue weighted by Crippen LogP contribution is 2.58. The number of rotatable bonds is 6. The lowest BCUT2D eigenvalue weighted by atomic mass is 9.66. The van der Waals surface area contributed by atoms with Crippen molar-refractivity contribution >= 4 is 39.0 Å². The highest BCUT2D eigenvalue weighted by Gasteiger charge is 2.47. The number of para-hydroxylation sites is 1. The van der Waals surface area contributed by atoms with Gasteiger partial charge in [0.15, 0.2) is 0 Å². The Morgan fingerprint density at radius 2 is 0.922 bits per heavy atom. The first-order valence-corrected chi connectivity index (χ1v) is 17.5. The van der Waals surface area contributed by atoms with Crippen LogP contribution in [0.25, 0.3) is 44.2 Å². The molecule has 0 N–H and O–H groups in total. The molecule has 2 heteroatoms. The summed E-state index contributed by atoms with van der Waals surface area (Å²) in [6.07, 6.45) is 0. The molecule has 0 fully saturated rings. The van der Waals surface area contributed by atoms with Crippen LogP contribution >= 0.6 is 0 Å². The molecule has 0 unspecified atom stereocenters. The summed E-state index contributed by atoms with van der Waals surface area (Å²) >= 11 is 0. The molecule has 0 amide bonds. The lowest BCUT2D eigenvalue weighted by Gasteiger charge is -2.34. The summed E-state index contributed by atoms with van der Waals surface area (Å²) in [6.45, 7) is 0. The molecule has 1 heterocycles. The normalized spacial score (nSPS) is 12.9. The topological polar surface area (TPSA) is 16.4 Å². The van der Waals surface area contributed by atoms with Crippen LogP contribution in [0.3, 0.4) is 0 Å². The molecule has 10 rings (SSSR count). The van der Waals surface area contributed by atoms with Gasteiger partial charge in [0.25, 0.3) is 0 Å². The summed E-state index contributed by atoms with van der Waals surface area (Å²) in [5, 5.41) is 2.25. The SMILES string of the molecule is c1ccc(-c2cccc(N(c3ccccc3)c3ccc4c(c3)oc3cccc(C5(c6ccccc6)c6ccccc6-c6ccccc65)c34)c2)cc1. The van der Waals surface area contributed by atoms with E-state index in [1.165, 1.54) is 44.5 Å². The number of anilines is 3. The third kappa shape index (κ3) is 4.50. The van der Waals surface area contributed by atoms with E-state index >= 15 is 0 Å². The minimum absolute atomic E-state index is 0.516. The smallest absolute Gasteiger partial charge is 0.137 e. The number of fused-ring (bicyclic) bond motifs is 6. The minimum Gasteiger partial charge on any atom is -0.456 e. The van der Waals surface area contributed by atoms with Gasteiger partial charge in [0.05, 0.1) is 5.41 Å². The summed E-state index contributed by atoms with van der Waals surface area (Å²) in [7, 11) is 0. The Balaban J connectivity index is 1.21. The van der Waals surface area contributed by atoms with E-state index in [4.69, 9.17) is 4.42 Å². The first kappa shape index (κ1) is 29.3. The average Bonchev–Trinajstić information content (AvgIpc) is 3.73. The number of nitrogens with zero attached hydrogens (tertiary/aromatic N) is 1. The van der Waals surface area contributed by atoms with Crippen LogP contribution in [0.1, 0.15) is 22.3 Å². The molecule has 0 bridgehead atoms. The Morgan fingerprint density at radius 1 is 0.373 bits per heavy atom. The zero-order valence-electron chi connectivity index (χ0n) is 27.9. The molecule has 9 aromatic rings. The molecule has 0 saturated carbocycles. The van der Waals surface area contributed by atoms with E-state index in [9.17, 15) is 0 Å². The summed E-state index contributed by atoms with van der Waals surface area (Å²) in [6, 6.07) is 71.9. The Kier molecular flexibility index (Phi) is 6.75. The summed E-state index contributed by atoms with van der Waals surface area (Å²) in [5.41, 5.74) is 14.4. The van der Waals surface area contributed by atoms with Gasteiger partial charge in [0.2, 0.25) is 0 Å². The predicted molar refractivity (Wildman–Crippen MR) is 211 cm³/mol. The quantitative estimate of drug-likeness (QED) is 0.178. The van der Waals surface area contributed by atoms with Crippen LogP contribution in [0.2, 0.25) is 0 Å². The molecule has 2 nitrogen and oxygen atoms in total. The fourth-order valence-corrected chi connectivity index (χ4v) is 8.43. The first-order chi connectivity index (χ1) is 25.3. The maximum Gasteiger partial charge on any atom is 0.137 e. The third-order valence-electron chi connectivity index (χ3n) is 10.5. The highest BCUT2D eigenvalue weighted by atomic mass is 16.3. The van der Waals surface area contributed by atoms with E-state index in [-0.39, 0.29) is 0 Å². The molecular formula is C49H33NO. The summed E-state index contributed by atoms with van der Waals surface area (Å²) in [4.78, 5) is 2.31. The maximum atomic E-state index is 6.84. The van der Waals surface area contributed by atoms with Gasteiger partial charge in [-0.1, -0.05) is 152 Å². The number of hydrogen-bond donors (Lipinski definition) is 0. The highest BCUT2D eigenvalue weighted by molar-refractivity contribution is 6.10. The van der Waals surface area contributed by atoms with Crippen molar-refractivity contribution in [1.82, 2.24) is 0 Å². The zero-order valence-corrected chi connectivity index (χ0v) is 27.9. The zero-order chi connectivity index (χ0) is 33.8. The van der Waals surface area contributed by atoms with Crippen molar-refractivity contribution in [3.05, 3.63) is 222 Å². The molecule has 0 radical (unpaired) electrons. The Hall–Kier alpha value is -6.64. The van der Waals surface area contributed by atoms with Gasteiger partial charge in [-0.05, 0) is 87.0 Å². The van der Waals surface area contributed by atoms with Gasteiger partial charge >= 0.3 is 0 Å². The van der Waals surface area contributed by atoms with Crippen LogP contribution in [-0.4, -0.2) is 0 Å². The van der Waals surface area contributed by atoms with E-state index in [0.29, 0.717) is 0 Å². The maximum absolute atomic E-state index is 6.84. The molecule has 240 valence electrons. The van der Waals surface area contributed by atoms with Crippen LogP contribution in [0.4, 0.5) is 17.1 Å². The standard InChI is InChI=1S/C49H33NO/c1-4-16-34(17-5-1)35-18-14-23-38(32-35)50(37-21-8-3-9-22-37)39-30-31-42-47(33-39)51-46-29-15-28-45(48(42)46)49(36-19-6-2-7-20-36)43-26-12-10-24-40(43)41-25-11-13-27-44(41)49/h1-33H. The second-order valence-electron chi connectivity index (χ2n) is 13.3. The van der Waals surface area contributed by atoms with Crippen LogP contribution in [0.5, 0.6) is 0 Å². The molecule has 1 aliphatic carbocycles. The molecular weight excluding hydrogens is 619 g/mol. The van der Waals surface area contributed by atoms with Crippen LogP contribution < -0.4 is 4.90 Å². The fourth-order valence-electron chi connectivity index (χ4n) is 8.43. The number of furan rings is 1. The fraction of sp³-hybridized carbons (Fsp3) is 0.0204. The van der Waals surface area contributed by atoms with Crippen molar-refractivity contribution in [3.8, 4) is 22.3 Å². The van der Waals surface area contributed by atoms with E-state index in [1.54, 1.807) is 0 Å². The van der Waals surface area contributed by atoms with E-state index in [0.717, 1.165) is 39.0 Å². The lowest BCUT2D eigenvalue weighted by Crippen LogP contribution is -2.28. The van der Waals surface area contributed by atoms with E-state index in [2.05, 4.69) is 205 Å².